The molecule has 2 aromatic rings. The van der Waals surface area contributed by atoms with Crippen molar-refractivity contribution in [2.45, 2.75) is 20.4 Å². The van der Waals surface area contributed by atoms with Crippen molar-refractivity contribution in [1.82, 2.24) is 9.78 Å². The zero-order chi connectivity index (χ0) is 14.7. The van der Waals surface area contributed by atoms with E-state index >= 15 is 0 Å². The summed E-state index contributed by atoms with van der Waals surface area (Å²) in [4.78, 5) is 10.5. The number of nitro groups is 1. The second-order valence-corrected chi connectivity index (χ2v) is 4.80. The molecule has 0 unspecified atom stereocenters. The molecular weight excluding hydrogens is 280 g/mol. The third-order valence-corrected chi connectivity index (χ3v) is 3.26. The van der Waals surface area contributed by atoms with Gasteiger partial charge in [0.1, 0.15) is 0 Å². The summed E-state index contributed by atoms with van der Waals surface area (Å²) in [5.41, 5.74) is 2.47. The number of halogens is 1. The summed E-state index contributed by atoms with van der Waals surface area (Å²) in [5.74, 6) is 0. The highest BCUT2D eigenvalue weighted by molar-refractivity contribution is 6.31. The van der Waals surface area contributed by atoms with Crippen molar-refractivity contribution in [3.63, 3.8) is 0 Å². The summed E-state index contributed by atoms with van der Waals surface area (Å²) < 4.78 is 1.68. The lowest BCUT2D eigenvalue weighted by molar-refractivity contribution is -0.384. The Bertz CT molecular complexity index is 620. The van der Waals surface area contributed by atoms with Crippen LogP contribution < -0.4 is 5.32 Å². The first-order valence-corrected chi connectivity index (χ1v) is 6.59. The third-order valence-electron chi connectivity index (χ3n) is 2.89. The fraction of sp³-hybridized carbons (Fsp3) is 0.308. The van der Waals surface area contributed by atoms with Gasteiger partial charge in [-0.2, -0.15) is 5.10 Å². The van der Waals surface area contributed by atoms with Crippen LogP contribution in [0.25, 0.3) is 0 Å². The first-order chi connectivity index (χ1) is 9.51. The van der Waals surface area contributed by atoms with Gasteiger partial charge in [-0.1, -0.05) is 11.6 Å². The minimum atomic E-state index is -0.402. The molecule has 7 heteroatoms. The number of rotatable bonds is 5. The summed E-state index contributed by atoms with van der Waals surface area (Å²) in [6, 6.07) is 4.76. The predicted octanol–water partition coefficient (Wildman–Crippen LogP) is 3.23. The smallest absolute Gasteiger partial charge is 0.269 e. The van der Waals surface area contributed by atoms with E-state index in [1.807, 2.05) is 13.8 Å². The van der Waals surface area contributed by atoms with E-state index in [0.717, 1.165) is 23.5 Å². The molecule has 0 radical (unpaired) electrons. The van der Waals surface area contributed by atoms with Crippen molar-refractivity contribution in [1.29, 1.82) is 0 Å². The normalized spacial score (nSPS) is 10.6. The van der Waals surface area contributed by atoms with E-state index in [2.05, 4.69) is 10.4 Å². The molecule has 1 aromatic heterocycles. The summed E-state index contributed by atoms with van der Waals surface area (Å²) in [5, 5.41) is 18.9. The third kappa shape index (κ3) is 3.08. The fourth-order valence-electron chi connectivity index (χ4n) is 1.94. The van der Waals surface area contributed by atoms with Crippen molar-refractivity contribution in [2.75, 3.05) is 11.9 Å². The van der Waals surface area contributed by atoms with Gasteiger partial charge in [-0.05, 0) is 19.9 Å². The first kappa shape index (κ1) is 14.3. The lowest BCUT2D eigenvalue weighted by atomic mass is 10.1. The van der Waals surface area contributed by atoms with E-state index in [4.69, 9.17) is 11.6 Å². The van der Waals surface area contributed by atoms with Gasteiger partial charge in [-0.3, -0.25) is 14.8 Å². The van der Waals surface area contributed by atoms with Crippen LogP contribution >= 0.6 is 11.6 Å². The Hall–Kier alpha value is -2.08. The Morgan fingerprint density at radius 1 is 1.50 bits per heavy atom. The number of anilines is 1. The van der Waals surface area contributed by atoms with Crippen LogP contribution in [-0.4, -0.2) is 21.2 Å². The van der Waals surface area contributed by atoms with Gasteiger partial charge in [-0.25, -0.2) is 0 Å². The van der Waals surface area contributed by atoms with Crippen LogP contribution in [0.15, 0.2) is 24.4 Å². The summed E-state index contributed by atoms with van der Waals surface area (Å²) in [7, 11) is 0. The molecule has 2 rings (SSSR count). The number of aryl methyl sites for hydroxylation is 1. The first-order valence-electron chi connectivity index (χ1n) is 6.22. The molecule has 0 aliphatic rings. The molecule has 0 aliphatic heterocycles. The van der Waals surface area contributed by atoms with Crippen molar-refractivity contribution in [3.05, 3.63) is 50.8 Å². The van der Waals surface area contributed by atoms with Gasteiger partial charge in [-0.15, -0.1) is 0 Å². The summed E-state index contributed by atoms with van der Waals surface area (Å²) in [6.45, 7) is 4.96. The van der Waals surface area contributed by atoms with E-state index in [0.29, 0.717) is 11.6 Å². The molecule has 1 heterocycles. The lowest BCUT2D eigenvalue weighted by Crippen LogP contribution is -2.07. The maximum Gasteiger partial charge on any atom is 0.269 e. The fourth-order valence-corrected chi connectivity index (χ4v) is 2.09. The number of non-ortho nitro benzene ring substituents is 1. The Kier molecular flexibility index (Phi) is 4.24. The van der Waals surface area contributed by atoms with Crippen LogP contribution in [-0.2, 0) is 6.54 Å². The minimum Gasteiger partial charge on any atom is -0.385 e. The average Bonchev–Trinajstić information content (AvgIpc) is 2.70. The monoisotopic (exact) mass is 294 g/mol. The second-order valence-electron chi connectivity index (χ2n) is 4.39. The van der Waals surface area contributed by atoms with E-state index in [-0.39, 0.29) is 5.69 Å². The van der Waals surface area contributed by atoms with Crippen LogP contribution in [0.4, 0.5) is 11.4 Å². The summed E-state index contributed by atoms with van der Waals surface area (Å²) >= 11 is 5.97. The van der Waals surface area contributed by atoms with E-state index in [9.17, 15) is 10.1 Å². The maximum atomic E-state index is 10.9. The molecule has 0 saturated carbocycles. The summed E-state index contributed by atoms with van der Waals surface area (Å²) in [6.07, 6.45) is 1.71. The van der Waals surface area contributed by atoms with Crippen LogP contribution in [0, 0.1) is 17.0 Å². The van der Waals surface area contributed by atoms with E-state index < -0.39 is 4.92 Å². The van der Waals surface area contributed by atoms with Crippen LogP contribution in [0.2, 0.25) is 5.02 Å². The molecular formula is C13H15ClN4O2. The SMILES string of the molecule is CCNc1ccc([N+](=O)[O-])cc1Cn1cc(Cl)c(C)n1. The van der Waals surface area contributed by atoms with Crippen molar-refractivity contribution < 1.29 is 4.92 Å². The zero-order valence-electron chi connectivity index (χ0n) is 11.3. The molecule has 1 aromatic carbocycles. The number of aromatic nitrogens is 2. The van der Waals surface area contributed by atoms with Gasteiger partial charge >= 0.3 is 0 Å². The van der Waals surface area contributed by atoms with Crippen LogP contribution in [0.1, 0.15) is 18.2 Å². The van der Waals surface area contributed by atoms with E-state index in [1.54, 1.807) is 23.0 Å². The molecule has 0 bridgehead atoms. The lowest BCUT2D eigenvalue weighted by Gasteiger charge is -2.10. The Labute approximate surface area is 121 Å². The molecule has 0 spiro atoms. The van der Waals surface area contributed by atoms with Gasteiger partial charge in [0.25, 0.3) is 5.69 Å². The molecule has 0 aliphatic carbocycles. The van der Waals surface area contributed by atoms with Crippen molar-refractivity contribution >= 4 is 23.0 Å². The molecule has 1 N–H and O–H groups in total. The highest BCUT2D eigenvalue weighted by atomic mass is 35.5. The van der Waals surface area contributed by atoms with Gasteiger partial charge < -0.3 is 5.32 Å². The highest BCUT2D eigenvalue weighted by Gasteiger charge is 2.12. The van der Waals surface area contributed by atoms with Crippen molar-refractivity contribution in [3.8, 4) is 0 Å². The molecule has 6 nitrogen and oxygen atoms in total. The van der Waals surface area contributed by atoms with Crippen LogP contribution in [0.5, 0.6) is 0 Å². The average molecular weight is 295 g/mol. The largest absolute Gasteiger partial charge is 0.385 e. The molecule has 0 amide bonds. The topological polar surface area (TPSA) is 73.0 Å². The van der Waals surface area contributed by atoms with Gasteiger partial charge in [0.15, 0.2) is 0 Å². The van der Waals surface area contributed by atoms with Crippen LogP contribution in [0.3, 0.4) is 0 Å². The van der Waals surface area contributed by atoms with Gasteiger partial charge in [0.2, 0.25) is 0 Å². The quantitative estimate of drug-likeness (QED) is 0.679. The maximum absolute atomic E-state index is 10.9. The highest BCUT2D eigenvalue weighted by Crippen LogP contribution is 2.23. The molecule has 0 fully saturated rings. The number of hydrogen-bond donors (Lipinski definition) is 1. The molecule has 0 atom stereocenters. The number of hydrogen-bond acceptors (Lipinski definition) is 4. The number of nitro benzene ring substituents is 1. The van der Waals surface area contributed by atoms with Crippen molar-refractivity contribution in [2.24, 2.45) is 0 Å². The predicted molar refractivity (Wildman–Crippen MR) is 78.3 cm³/mol. The number of benzene rings is 1. The molecule has 20 heavy (non-hydrogen) atoms. The van der Waals surface area contributed by atoms with E-state index in [1.165, 1.54) is 6.07 Å². The zero-order valence-corrected chi connectivity index (χ0v) is 12.0. The standard InChI is InChI=1S/C13H15ClN4O2/c1-3-15-13-5-4-11(18(19)20)6-10(13)7-17-8-12(14)9(2)16-17/h4-6,8,15H,3,7H2,1-2H3. The Morgan fingerprint density at radius 2 is 2.25 bits per heavy atom. The Balaban J connectivity index is 2.36. The van der Waals surface area contributed by atoms with Gasteiger partial charge in [0, 0.05) is 36.1 Å². The Morgan fingerprint density at radius 3 is 2.80 bits per heavy atom. The molecule has 106 valence electrons. The molecule has 0 saturated heterocycles. The van der Waals surface area contributed by atoms with Gasteiger partial charge in [0.05, 0.1) is 22.2 Å². The number of nitrogens with zero attached hydrogens (tertiary/aromatic N) is 3. The number of nitrogens with one attached hydrogen (secondary N) is 1. The minimum absolute atomic E-state index is 0.0663. The second kappa shape index (κ2) is 5.92.